The molecule has 0 aliphatic rings. The fourth-order valence-electron chi connectivity index (χ4n) is 2.24. The van der Waals surface area contributed by atoms with Gasteiger partial charge >= 0.3 is 0 Å². The third-order valence-corrected chi connectivity index (χ3v) is 4.32. The van der Waals surface area contributed by atoms with Crippen molar-refractivity contribution in [3.05, 3.63) is 46.0 Å². The van der Waals surface area contributed by atoms with E-state index in [1.54, 1.807) is 6.33 Å². The van der Waals surface area contributed by atoms with E-state index in [9.17, 15) is 0 Å². The predicted octanol–water partition coefficient (Wildman–Crippen LogP) is 3.26. The zero-order chi connectivity index (χ0) is 14.5. The molecule has 0 saturated heterocycles. The lowest BCUT2D eigenvalue weighted by Gasteiger charge is -2.17. The molecule has 4 nitrogen and oxygen atoms in total. The number of likely N-dealkylation sites (N-methyl/N-ethyl adjacent to an activating group) is 1. The molecule has 0 saturated carbocycles. The van der Waals surface area contributed by atoms with E-state index in [4.69, 9.17) is 0 Å². The highest BCUT2D eigenvalue weighted by Crippen LogP contribution is 2.23. The third kappa shape index (κ3) is 3.46. The number of hydrogen-bond donors (Lipinski definition) is 1. The minimum Gasteiger partial charge on any atom is -0.313 e. The second-order valence-corrected chi connectivity index (χ2v) is 5.81. The van der Waals surface area contributed by atoms with E-state index in [1.807, 2.05) is 11.7 Å². The number of nitrogens with zero attached hydrogens (tertiary/aromatic N) is 3. The summed E-state index contributed by atoms with van der Waals surface area (Å²) in [6.45, 7) is 5.17. The molecule has 1 heterocycles. The Labute approximate surface area is 128 Å². The second kappa shape index (κ2) is 6.99. The van der Waals surface area contributed by atoms with E-state index in [-0.39, 0.29) is 6.04 Å². The van der Waals surface area contributed by atoms with E-state index >= 15 is 0 Å². The molecule has 1 N–H and O–H groups in total. The number of rotatable bonds is 6. The van der Waals surface area contributed by atoms with Crippen molar-refractivity contribution in [2.24, 2.45) is 0 Å². The summed E-state index contributed by atoms with van der Waals surface area (Å²) in [5, 5.41) is 7.66. The smallest absolute Gasteiger partial charge is 0.138 e. The van der Waals surface area contributed by atoms with E-state index in [2.05, 4.69) is 63.4 Å². The molecule has 1 unspecified atom stereocenters. The van der Waals surface area contributed by atoms with E-state index in [0.717, 1.165) is 29.7 Å². The Bertz CT molecular complexity index is 565. The maximum absolute atomic E-state index is 4.39. The topological polar surface area (TPSA) is 42.7 Å². The van der Waals surface area contributed by atoms with Crippen LogP contribution in [0.15, 0.2) is 29.0 Å². The van der Waals surface area contributed by atoms with Crippen LogP contribution in [0.3, 0.4) is 0 Å². The van der Waals surface area contributed by atoms with Crippen LogP contribution in [-0.2, 0) is 13.0 Å². The van der Waals surface area contributed by atoms with Gasteiger partial charge in [0.15, 0.2) is 0 Å². The van der Waals surface area contributed by atoms with Crippen LogP contribution in [0.4, 0.5) is 0 Å². The molecular weight excluding hydrogens is 316 g/mol. The molecule has 0 aliphatic heterocycles. The summed E-state index contributed by atoms with van der Waals surface area (Å²) in [5.74, 6) is 1.03. The highest BCUT2D eigenvalue weighted by atomic mass is 79.9. The van der Waals surface area contributed by atoms with Crippen molar-refractivity contribution in [2.75, 3.05) is 7.05 Å². The van der Waals surface area contributed by atoms with Crippen LogP contribution in [0.2, 0.25) is 0 Å². The minimum atomic E-state index is 0.242. The first-order chi connectivity index (χ1) is 9.65. The first-order valence-corrected chi connectivity index (χ1v) is 7.75. The highest BCUT2D eigenvalue weighted by molar-refractivity contribution is 9.10. The van der Waals surface area contributed by atoms with Gasteiger partial charge in [-0.15, -0.1) is 0 Å². The maximum atomic E-state index is 4.39. The molecule has 2 rings (SSSR count). The molecular formula is C15H21BrN4. The van der Waals surface area contributed by atoms with Crippen molar-refractivity contribution in [1.82, 2.24) is 20.1 Å². The van der Waals surface area contributed by atoms with Crippen LogP contribution in [0.1, 0.15) is 36.3 Å². The van der Waals surface area contributed by atoms with Gasteiger partial charge in [0.05, 0.1) is 0 Å². The Morgan fingerprint density at radius 2 is 2.20 bits per heavy atom. The fraction of sp³-hybridized carbons (Fsp3) is 0.467. The molecule has 0 spiro atoms. The van der Waals surface area contributed by atoms with Crippen molar-refractivity contribution in [1.29, 1.82) is 0 Å². The Morgan fingerprint density at radius 1 is 1.40 bits per heavy atom. The average Bonchev–Trinajstić information content (AvgIpc) is 2.87. The SMILES string of the molecule is CCCn1ncnc1CC(NC)c1ccc(C)c(Br)c1. The van der Waals surface area contributed by atoms with Crippen molar-refractivity contribution in [3.63, 3.8) is 0 Å². The molecule has 2 aromatic rings. The summed E-state index contributed by atoms with van der Waals surface area (Å²) in [6.07, 6.45) is 3.55. The molecule has 20 heavy (non-hydrogen) atoms. The Kier molecular flexibility index (Phi) is 5.31. The fourth-order valence-corrected chi connectivity index (χ4v) is 2.64. The first-order valence-electron chi connectivity index (χ1n) is 6.95. The Morgan fingerprint density at radius 3 is 2.85 bits per heavy atom. The minimum absolute atomic E-state index is 0.242. The summed E-state index contributed by atoms with van der Waals surface area (Å²) in [7, 11) is 1.99. The predicted molar refractivity (Wildman–Crippen MR) is 84.7 cm³/mol. The van der Waals surface area contributed by atoms with Crippen LogP contribution in [-0.4, -0.2) is 21.8 Å². The summed E-state index contributed by atoms with van der Waals surface area (Å²) in [5.41, 5.74) is 2.51. The van der Waals surface area contributed by atoms with Gasteiger partial charge in [-0.2, -0.15) is 5.10 Å². The molecule has 5 heteroatoms. The van der Waals surface area contributed by atoms with Gasteiger partial charge < -0.3 is 5.32 Å². The number of hydrogen-bond acceptors (Lipinski definition) is 3. The van der Waals surface area contributed by atoms with Crippen molar-refractivity contribution < 1.29 is 0 Å². The zero-order valence-corrected chi connectivity index (χ0v) is 13.8. The van der Waals surface area contributed by atoms with Gasteiger partial charge in [0.2, 0.25) is 0 Å². The molecule has 1 atom stereocenters. The van der Waals surface area contributed by atoms with Crippen molar-refractivity contribution in [2.45, 2.75) is 39.3 Å². The molecule has 0 amide bonds. The third-order valence-electron chi connectivity index (χ3n) is 3.46. The van der Waals surface area contributed by atoms with Gasteiger partial charge in [0, 0.05) is 23.5 Å². The Hall–Kier alpha value is -1.20. The van der Waals surface area contributed by atoms with E-state index < -0.39 is 0 Å². The van der Waals surface area contributed by atoms with Gasteiger partial charge in [0.1, 0.15) is 12.2 Å². The van der Waals surface area contributed by atoms with Gasteiger partial charge in [-0.1, -0.05) is 35.0 Å². The van der Waals surface area contributed by atoms with E-state index in [0.29, 0.717) is 0 Å². The van der Waals surface area contributed by atoms with Gasteiger partial charge in [-0.25, -0.2) is 4.98 Å². The molecule has 108 valence electrons. The van der Waals surface area contributed by atoms with Crippen LogP contribution < -0.4 is 5.32 Å². The summed E-state index contributed by atoms with van der Waals surface area (Å²) in [4.78, 5) is 4.39. The molecule has 0 fully saturated rings. The van der Waals surface area contributed by atoms with Crippen LogP contribution in [0, 0.1) is 6.92 Å². The summed E-state index contributed by atoms with van der Waals surface area (Å²) in [6, 6.07) is 6.73. The molecule has 0 aliphatic carbocycles. The number of aromatic nitrogens is 3. The van der Waals surface area contributed by atoms with Gasteiger partial charge in [-0.05, 0) is 37.6 Å². The highest BCUT2D eigenvalue weighted by Gasteiger charge is 2.14. The molecule has 0 radical (unpaired) electrons. The van der Waals surface area contributed by atoms with Gasteiger partial charge in [0.25, 0.3) is 0 Å². The summed E-state index contributed by atoms with van der Waals surface area (Å²) < 4.78 is 3.14. The van der Waals surface area contributed by atoms with Crippen LogP contribution >= 0.6 is 15.9 Å². The normalized spacial score (nSPS) is 12.6. The number of nitrogens with one attached hydrogen (secondary N) is 1. The molecule has 1 aromatic heterocycles. The quantitative estimate of drug-likeness (QED) is 0.880. The average molecular weight is 337 g/mol. The van der Waals surface area contributed by atoms with Crippen molar-refractivity contribution >= 4 is 15.9 Å². The van der Waals surface area contributed by atoms with E-state index in [1.165, 1.54) is 11.1 Å². The standard InChI is InChI=1S/C15H21BrN4/c1-4-7-20-15(18-10-19-20)9-14(17-3)12-6-5-11(2)13(16)8-12/h5-6,8,10,14,17H,4,7,9H2,1-3H3. The van der Waals surface area contributed by atoms with Crippen LogP contribution in [0.5, 0.6) is 0 Å². The largest absolute Gasteiger partial charge is 0.313 e. The monoisotopic (exact) mass is 336 g/mol. The number of benzene rings is 1. The molecule has 0 bridgehead atoms. The molecule has 1 aromatic carbocycles. The number of aryl methyl sites for hydroxylation is 2. The lowest BCUT2D eigenvalue weighted by Crippen LogP contribution is -2.21. The zero-order valence-electron chi connectivity index (χ0n) is 12.2. The lowest BCUT2D eigenvalue weighted by atomic mass is 10.0. The first kappa shape index (κ1) is 15.2. The van der Waals surface area contributed by atoms with Crippen molar-refractivity contribution in [3.8, 4) is 0 Å². The Balaban J connectivity index is 2.19. The maximum Gasteiger partial charge on any atom is 0.138 e. The second-order valence-electron chi connectivity index (χ2n) is 4.95. The summed E-state index contributed by atoms with van der Waals surface area (Å²) >= 11 is 3.60. The van der Waals surface area contributed by atoms with Crippen LogP contribution in [0.25, 0.3) is 0 Å². The lowest BCUT2D eigenvalue weighted by molar-refractivity contribution is 0.517. The van der Waals surface area contributed by atoms with Gasteiger partial charge in [-0.3, -0.25) is 4.68 Å². The number of halogens is 1.